The van der Waals surface area contributed by atoms with Crippen LogP contribution >= 0.6 is 0 Å². The fourth-order valence-electron chi connectivity index (χ4n) is 2.39. The molecule has 1 unspecified atom stereocenters. The highest BCUT2D eigenvalue weighted by Gasteiger charge is 2.26. The zero-order valence-electron chi connectivity index (χ0n) is 10.1. The first kappa shape index (κ1) is 11.9. The minimum atomic E-state index is -0.0493. The minimum Gasteiger partial charge on any atom is -0.342 e. The lowest BCUT2D eigenvalue weighted by atomic mass is 9.94. The van der Waals surface area contributed by atoms with Gasteiger partial charge in [0.2, 0.25) is 5.91 Å². The Morgan fingerprint density at radius 1 is 1.29 bits per heavy atom. The van der Waals surface area contributed by atoms with Gasteiger partial charge in [0.15, 0.2) is 0 Å². The van der Waals surface area contributed by atoms with Crippen LogP contribution in [0.25, 0.3) is 0 Å². The number of allylic oxidation sites excluding steroid dienone is 1. The molecule has 2 heteroatoms. The number of carbonyl (C=O) groups excluding carboxylic acids is 1. The standard InChI is InChI=1S/C15H19NO/c1-2-8-14(13-9-4-3-5-10-13)15(17)16-11-6-7-12-16/h2-5,9-10,14H,1,6-8,11-12H2. The van der Waals surface area contributed by atoms with E-state index in [0.717, 1.165) is 37.9 Å². The summed E-state index contributed by atoms with van der Waals surface area (Å²) >= 11 is 0. The summed E-state index contributed by atoms with van der Waals surface area (Å²) in [4.78, 5) is 14.4. The van der Waals surface area contributed by atoms with Crippen molar-refractivity contribution in [3.8, 4) is 0 Å². The number of rotatable bonds is 4. The Bertz CT molecular complexity index is 379. The van der Waals surface area contributed by atoms with Crippen LogP contribution < -0.4 is 0 Å². The Kier molecular flexibility index (Phi) is 3.97. The summed E-state index contributed by atoms with van der Waals surface area (Å²) in [7, 11) is 0. The Morgan fingerprint density at radius 3 is 2.53 bits per heavy atom. The molecule has 1 aliphatic heterocycles. The number of amides is 1. The van der Waals surface area contributed by atoms with Gasteiger partial charge >= 0.3 is 0 Å². The van der Waals surface area contributed by atoms with Gasteiger partial charge in [-0.2, -0.15) is 0 Å². The lowest BCUT2D eigenvalue weighted by molar-refractivity contribution is -0.131. The summed E-state index contributed by atoms with van der Waals surface area (Å²) in [5.74, 6) is 0.209. The molecule has 1 aromatic carbocycles. The van der Waals surface area contributed by atoms with Gasteiger partial charge < -0.3 is 4.90 Å². The smallest absolute Gasteiger partial charge is 0.230 e. The molecular weight excluding hydrogens is 210 g/mol. The van der Waals surface area contributed by atoms with Gasteiger partial charge in [0.25, 0.3) is 0 Å². The van der Waals surface area contributed by atoms with Crippen LogP contribution in [0.5, 0.6) is 0 Å². The van der Waals surface area contributed by atoms with E-state index in [0.29, 0.717) is 0 Å². The van der Waals surface area contributed by atoms with Gasteiger partial charge in [0.05, 0.1) is 5.92 Å². The van der Waals surface area contributed by atoms with E-state index in [2.05, 4.69) is 6.58 Å². The van der Waals surface area contributed by atoms with Crippen molar-refractivity contribution in [3.05, 3.63) is 48.6 Å². The zero-order chi connectivity index (χ0) is 12.1. The molecule has 0 saturated carbocycles. The van der Waals surface area contributed by atoms with E-state index in [1.54, 1.807) is 0 Å². The molecule has 0 spiro atoms. The van der Waals surface area contributed by atoms with Gasteiger partial charge in [-0.05, 0) is 24.8 Å². The monoisotopic (exact) mass is 229 g/mol. The molecule has 0 aromatic heterocycles. The molecule has 0 bridgehead atoms. The van der Waals surface area contributed by atoms with E-state index in [9.17, 15) is 4.79 Å². The molecule has 2 nitrogen and oxygen atoms in total. The van der Waals surface area contributed by atoms with Crippen molar-refractivity contribution in [3.63, 3.8) is 0 Å². The van der Waals surface area contributed by atoms with Gasteiger partial charge in [-0.15, -0.1) is 6.58 Å². The van der Waals surface area contributed by atoms with Crippen LogP contribution in [0.4, 0.5) is 0 Å². The fourth-order valence-corrected chi connectivity index (χ4v) is 2.39. The summed E-state index contributed by atoms with van der Waals surface area (Å²) < 4.78 is 0. The van der Waals surface area contributed by atoms with E-state index in [1.165, 1.54) is 0 Å². The molecule has 17 heavy (non-hydrogen) atoms. The Morgan fingerprint density at radius 2 is 1.94 bits per heavy atom. The quantitative estimate of drug-likeness (QED) is 0.727. The van der Waals surface area contributed by atoms with Gasteiger partial charge in [0, 0.05) is 13.1 Å². The largest absolute Gasteiger partial charge is 0.342 e. The lowest BCUT2D eigenvalue weighted by Crippen LogP contribution is -2.32. The fraction of sp³-hybridized carbons (Fsp3) is 0.400. The Balaban J connectivity index is 2.16. The van der Waals surface area contributed by atoms with E-state index in [4.69, 9.17) is 0 Å². The Labute approximate surface area is 103 Å². The maximum absolute atomic E-state index is 12.4. The highest BCUT2D eigenvalue weighted by atomic mass is 16.2. The topological polar surface area (TPSA) is 20.3 Å². The number of carbonyl (C=O) groups is 1. The number of hydrogen-bond donors (Lipinski definition) is 0. The van der Waals surface area contributed by atoms with Gasteiger partial charge in [-0.1, -0.05) is 36.4 Å². The van der Waals surface area contributed by atoms with Crippen molar-refractivity contribution in [1.29, 1.82) is 0 Å². The summed E-state index contributed by atoms with van der Waals surface area (Å²) in [6.45, 7) is 5.60. The van der Waals surface area contributed by atoms with Crippen molar-refractivity contribution >= 4 is 5.91 Å². The van der Waals surface area contributed by atoms with E-state index in [-0.39, 0.29) is 11.8 Å². The maximum atomic E-state index is 12.4. The van der Waals surface area contributed by atoms with Crippen LogP contribution in [-0.4, -0.2) is 23.9 Å². The summed E-state index contributed by atoms with van der Waals surface area (Å²) in [6, 6.07) is 10.0. The molecule has 1 saturated heterocycles. The third-order valence-electron chi connectivity index (χ3n) is 3.32. The van der Waals surface area contributed by atoms with E-state index in [1.807, 2.05) is 41.3 Å². The summed E-state index contributed by atoms with van der Waals surface area (Å²) in [5, 5.41) is 0. The van der Waals surface area contributed by atoms with Crippen LogP contribution in [0.2, 0.25) is 0 Å². The van der Waals surface area contributed by atoms with Crippen LogP contribution in [-0.2, 0) is 4.79 Å². The van der Waals surface area contributed by atoms with Crippen molar-refractivity contribution in [2.24, 2.45) is 0 Å². The van der Waals surface area contributed by atoms with Crippen molar-refractivity contribution in [2.45, 2.75) is 25.2 Å². The normalized spacial score (nSPS) is 16.8. The average molecular weight is 229 g/mol. The summed E-state index contributed by atoms with van der Waals surface area (Å²) in [5.41, 5.74) is 1.10. The molecule has 1 aromatic rings. The zero-order valence-corrected chi connectivity index (χ0v) is 10.1. The second-order valence-corrected chi connectivity index (χ2v) is 4.52. The van der Waals surface area contributed by atoms with Crippen LogP contribution in [0.15, 0.2) is 43.0 Å². The molecule has 0 aliphatic carbocycles. The summed E-state index contributed by atoms with van der Waals surface area (Å²) in [6.07, 6.45) is 4.84. The first-order valence-corrected chi connectivity index (χ1v) is 6.27. The maximum Gasteiger partial charge on any atom is 0.230 e. The minimum absolute atomic E-state index is 0.0493. The molecule has 1 heterocycles. The SMILES string of the molecule is C=CCC(C(=O)N1CCCC1)c1ccccc1. The second-order valence-electron chi connectivity index (χ2n) is 4.52. The number of likely N-dealkylation sites (tertiary alicyclic amines) is 1. The molecule has 1 amide bonds. The molecule has 0 radical (unpaired) electrons. The number of hydrogen-bond acceptors (Lipinski definition) is 1. The average Bonchev–Trinajstić information content (AvgIpc) is 2.90. The van der Waals surface area contributed by atoms with Crippen LogP contribution in [0.1, 0.15) is 30.7 Å². The predicted molar refractivity (Wildman–Crippen MR) is 69.8 cm³/mol. The molecular formula is C15H19NO. The Hall–Kier alpha value is -1.57. The number of nitrogens with zero attached hydrogens (tertiary/aromatic N) is 1. The van der Waals surface area contributed by atoms with Gasteiger partial charge in [-0.3, -0.25) is 4.79 Å². The first-order chi connectivity index (χ1) is 8.33. The molecule has 0 N–H and O–H groups in total. The second kappa shape index (κ2) is 5.67. The predicted octanol–water partition coefficient (Wildman–Crippen LogP) is 2.97. The van der Waals surface area contributed by atoms with Gasteiger partial charge in [-0.25, -0.2) is 0 Å². The lowest BCUT2D eigenvalue weighted by Gasteiger charge is -2.22. The third-order valence-corrected chi connectivity index (χ3v) is 3.32. The molecule has 1 aliphatic rings. The van der Waals surface area contributed by atoms with Crippen molar-refractivity contribution in [1.82, 2.24) is 4.90 Å². The molecule has 1 atom stereocenters. The van der Waals surface area contributed by atoms with Crippen LogP contribution in [0, 0.1) is 0 Å². The highest BCUT2D eigenvalue weighted by Crippen LogP contribution is 2.24. The molecule has 1 fully saturated rings. The van der Waals surface area contributed by atoms with E-state index >= 15 is 0 Å². The molecule has 90 valence electrons. The van der Waals surface area contributed by atoms with Gasteiger partial charge in [0.1, 0.15) is 0 Å². The first-order valence-electron chi connectivity index (χ1n) is 6.27. The third kappa shape index (κ3) is 2.76. The highest BCUT2D eigenvalue weighted by molar-refractivity contribution is 5.84. The molecule has 2 rings (SSSR count). The van der Waals surface area contributed by atoms with E-state index < -0.39 is 0 Å². The van der Waals surface area contributed by atoms with Crippen molar-refractivity contribution in [2.75, 3.05) is 13.1 Å². The van der Waals surface area contributed by atoms with Crippen LogP contribution in [0.3, 0.4) is 0 Å². The number of benzene rings is 1. The van der Waals surface area contributed by atoms with Crippen molar-refractivity contribution < 1.29 is 4.79 Å².